The lowest BCUT2D eigenvalue weighted by Gasteiger charge is -2.04. The second-order valence-electron chi connectivity index (χ2n) is 2.85. The van der Waals surface area contributed by atoms with E-state index < -0.39 is 0 Å². The number of rotatable bonds is 2. The number of aryl methyl sites for hydroxylation is 1. The molecule has 0 atom stereocenters. The number of hydrogen-bond donors (Lipinski definition) is 1. The highest BCUT2D eigenvalue weighted by atomic mass is 35.5. The maximum absolute atomic E-state index is 11.1. The van der Waals surface area contributed by atoms with Crippen LogP contribution in [0.5, 0.6) is 0 Å². The highest BCUT2D eigenvalue weighted by Gasteiger charge is 2.07. The lowest BCUT2D eigenvalue weighted by atomic mass is 10.2. The minimum Gasteiger partial charge on any atom is -0.318 e. The van der Waals surface area contributed by atoms with Gasteiger partial charge >= 0.3 is 5.91 Å². The maximum Gasteiger partial charge on any atom is 0.304 e. The van der Waals surface area contributed by atoms with Crippen LogP contribution in [0.3, 0.4) is 0 Å². The molecule has 0 bridgehead atoms. The fourth-order valence-electron chi connectivity index (χ4n) is 0.996. The van der Waals surface area contributed by atoms with Crippen LogP contribution in [-0.4, -0.2) is 12.5 Å². The van der Waals surface area contributed by atoms with Crippen LogP contribution in [0, 0.1) is 13.5 Å². The Kier molecular flexibility index (Phi) is 3.49. The number of carbonyl (C=O) groups excluding carboxylic acids is 1. The molecule has 0 saturated carbocycles. The Morgan fingerprint density at radius 3 is 3.00 bits per heavy atom. The second-order valence-corrected chi connectivity index (χ2v) is 3.25. The van der Waals surface area contributed by atoms with Gasteiger partial charge in [-0.15, -0.1) is 0 Å². The monoisotopic (exact) mass is 208 g/mol. The third-order valence-electron chi connectivity index (χ3n) is 1.62. The third-order valence-corrected chi connectivity index (χ3v) is 1.95. The molecule has 3 nitrogen and oxygen atoms in total. The average molecular weight is 209 g/mol. The van der Waals surface area contributed by atoms with Gasteiger partial charge in [-0.1, -0.05) is 17.7 Å². The first-order valence-corrected chi connectivity index (χ1v) is 4.40. The zero-order valence-corrected chi connectivity index (χ0v) is 8.43. The summed E-state index contributed by atoms with van der Waals surface area (Å²) >= 11 is 5.85. The first-order chi connectivity index (χ1) is 6.63. The molecule has 4 heteroatoms. The summed E-state index contributed by atoms with van der Waals surface area (Å²) in [6.45, 7) is 8.25. The highest BCUT2D eigenvalue weighted by molar-refractivity contribution is 6.33. The molecule has 1 rings (SSSR count). The lowest BCUT2D eigenvalue weighted by Crippen LogP contribution is -2.14. The van der Waals surface area contributed by atoms with Crippen molar-refractivity contribution in [3.8, 4) is 0 Å². The van der Waals surface area contributed by atoms with Gasteiger partial charge in [-0.25, -0.2) is 6.57 Å². The Morgan fingerprint density at radius 2 is 2.36 bits per heavy atom. The smallest absolute Gasteiger partial charge is 0.304 e. The molecule has 0 heterocycles. The van der Waals surface area contributed by atoms with Crippen molar-refractivity contribution in [2.75, 3.05) is 11.9 Å². The van der Waals surface area contributed by atoms with Crippen LogP contribution in [0.15, 0.2) is 18.2 Å². The predicted molar refractivity (Wildman–Crippen MR) is 56.3 cm³/mol. The standard InChI is InChI=1S/C10H9ClN2O/c1-7-3-4-8(11)9(5-7)13-10(14)6-12-2/h3-5H,6H2,1H3,(H,13,14). The number of hydrogen-bond acceptors (Lipinski definition) is 1. The van der Waals surface area contributed by atoms with E-state index in [2.05, 4.69) is 10.2 Å². The van der Waals surface area contributed by atoms with E-state index in [0.717, 1.165) is 5.56 Å². The van der Waals surface area contributed by atoms with Crippen LogP contribution in [-0.2, 0) is 4.79 Å². The fraction of sp³-hybridized carbons (Fsp3) is 0.200. The minimum absolute atomic E-state index is 0.176. The second kappa shape index (κ2) is 4.64. The zero-order valence-electron chi connectivity index (χ0n) is 7.67. The molecule has 0 aromatic heterocycles. The van der Waals surface area contributed by atoms with Crippen molar-refractivity contribution in [1.29, 1.82) is 0 Å². The Balaban J connectivity index is 2.81. The van der Waals surface area contributed by atoms with Crippen molar-refractivity contribution in [2.24, 2.45) is 0 Å². The van der Waals surface area contributed by atoms with Gasteiger partial charge in [-0.3, -0.25) is 4.79 Å². The summed E-state index contributed by atoms with van der Waals surface area (Å²) in [6.07, 6.45) is 0. The molecule has 0 unspecified atom stereocenters. The zero-order chi connectivity index (χ0) is 10.6. The number of anilines is 1. The molecule has 0 aliphatic rings. The van der Waals surface area contributed by atoms with E-state index in [1.54, 1.807) is 12.1 Å². The topological polar surface area (TPSA) is 33.5 Å². The molecule has 0 fully saturated rings. The highest BCUT2D eigenvalue weighted by Crippen LogP contribution is 2.22. The molecule has 0 spiro atoms. The third kappa shape index (κ3) is 2.75. The fourth-order valence-corrected chi connectivity index (χ4v) is 1.16. The van der Waals surface area contributed by atoms with Crippen LogP contribution in [0.1, 0.15) is 5.56 Å². The van der Waals surface area contributed by atoms with Crippen molar-refractivity contribution >= 4 is 23.2 Å². The molecule has 0 aliphatic heterocycles. The number of nitrogens with one attached hydrogen (secondary N) is 1. The van der Waals surface area contributed by atoms with Crippen LogP contribution >= 0.6 is 11.6 Å². The Hall–Kier alpha value is -1.53. The number of amides is 1. The number of halogens is 1. The quantitative estimate of drug-likeness (QED) is 0.745. The van der Waals surface area contributed by atoms with Gasteiger partial charge in [-0.2, -0.15) is 0 Å². The summed E-state index contributed by atoms with van der Waals surface area (Å²) in [5.74, 6) is -0.340. The van der Waals surface area contributed by atoms with E-state index in [-0.39, 0.29) is 12.5 Å². The van der Waals surface area contributed by atoms with Crippen LogP contribution in [0.4, 0.5) is 5.69 Å². The van der Waals surface area contributed by atoms with E-state index in [1.807, 2.05) is 13.0 Å². The van der Waals surface area contributed by atoms with E-state index in [0.29, 0.717) is 10.7 Å². The van der Waals surface area contributed by atoms with Crippen molar-refractivity contribution in [2.45, 2.75) is 6.92 Å². The van der Waals surface area contributed by atoms with E-state index >= 15 is 0 Å². The first-order valence-electron chi connectivity index (χ1n) is 4.02. The van der Waals surface area contributed by atoms with Gasteiger partial charge in [0.15, 0.2) is 0 Å². The summed E-state index contributed by atoms with van der Waals surface area (Å²) in [4.78, 5) is 14.1. The Morgan fingerprint density at radius 1 is 1.64 bits per heavy atom. The van der Waals surface area contributed by atoms with Gasteiger partial charge < -0.3 is 10.2 Å². The van der Waals surface area contributed by atoms with E-state index in [9.17, 15) is 4.79 Å². The van der Waals surface area contributed by atoms with Crippen molar-refractivity contribution in [3.63, 3.8) is 0 Å². The van der Waals surface area contributed by atoms with Gasteiger partial charge in [0.1, 0.15) is 0 Å². The van der Waals surface area contributed by atoms with E-state index in [1.165, 1.54) is 0 Å². The van der Waals surface area contributed by atoms with Crippen LogP contribution in [0.2, 0.25) is 5.02 Å². The van der Waals surface area contributed by atoms with E-state index in [4.69, 9.17) is 18.2 Å². The molecule has 0 aliphatic carbocycles. The van der Waals surface area contributed by atoms with Crippen molar-refractivity contribution in [1.82, 2.24) is 0 Å². The molecule has 1 aromatic rings. The average Bonchev–Trinajstić information content (AvgIpc) is 2.12. The Labute approximate surface area is 87.5 Å². The summed E-state index contributed by atoms with van der Waals surface area (Å²) in [5, 5.41) is 3.05. The van der Waals surface area contributed by atoms with Gasteiger partial charge in [0.25, 0.3) is 6.54 Å². The molecule has 1 N–H and O–H groups in total. The molecule has 1 aromatic carbocycles. The number of carbonyl (C=O) groups is 1. The van der Waals surface area contributed by atoms with Gasteiger partial charge in [0, 0.05) is 0 Å². The van der Waals surface area contributed by atoms with Gasteiger partial charge in [0.05, 0.1) is 10.7 Å². The largest absolute Gasteiger partial charge is 0.318 e. The maximum atomic E-state index is 11.1. The normalized spacial score (nSPS) is 9.21. The molecule has 0 radical (unpaired) electrons. The summed E-state index contributed by atoms with van der Waals surface area (Å²) in [7, 11) is 0. The number of nitrogens with zero attached hydrogens (tertiary/aromatic N) is 1. The lowest BCUT2D eigenvalue weighted by molar-refractivity contribution is -0.114. The number of benzene rings is 1. The SMILES string of the molecule is [C-]#[N+]CC(=O)Nc1cc(C)ccc1Cl. The van der Waals surface area contributed by atoms with Gasteiger partial charge in [-0.05, 0) is 24.6 Å². The van der Waals surface area contributed by atoms with Crippen molar-refractivity contribution < 1.29 is 4.79 Å². The molecular formula is C10H9ClN2O. The summed E-state index contributed by atoms with van der Waals surface area (Å²) in [5.41, 5.74) is 1.56. The molecule has 1 amide bonds. The molecule has 0 saturated heterocycles. The first kappa shape index (κ1) is 10.6. The summed E-state index contributed by atoms with van der Waals surface area (Å²) < 4.78 is 0. The predicted octanol–water partition coefficient (Wildman–Crippen LogP) is 2.51. The van der Waals surface area contributed by atoms with Crippen LogP contribution in [0.25, 0.3) is 4.85 Å². The summed E-state index contributed by atoms with van der Waals surface area (Å²) in [6, 6.07) is 5.33. The molecular weight excluding hydrogens is 200 g/mol. The van der Waals surface area contributed by atoms with Gasteiger partial charge in [0.2, 0.25) is 0 Å². The Bertz CT molecular complexity index is 396. The van der Waals surface area contributed by atoms with Crippen molar-refractivity contribution in [3.05, 3.63) is 40.2 Å². The van der Waals surface area contributed by atoms with Crippen LogP contribution < -0.4 is 5.32 Å². The minimum atomic E-state index is -0.340. The molecule has 14 heavy (non-hydrogen) atoms. The molecule has 72 valence electrons.